The molecular weight excluding hydrogens is 269 g/mol. The number of nitrogens with two attached hydrogens (primary N) is 1. The predicted octanol–water partition coefficient (Wildman–Crippen LogP) is 4.07. The molecule has 1 atom stereocenters. The van der Waals surface area contributed by atoms with Crippen LogP contribution in [0.5, 0.6) is 5.75 Å². The van der Waals surface area contributed by atoms with E-state index in [1.54, 1.807) is 6.07 Å². The molecule has 0 amide bonds. The molecule has 4 heteroatoms. The largest absolute Gasteiger partial charge is 0.492 e. The van der Waals surface area contributed by atoms with Crippen molar-refractivity contribution in [2.24, 2.45) is 5.73 Å². The van der Waals surface area contributed by atoms with E-state index in [1.807, 2.05) is 42.5 Å². The van der Waals surface area contributed by atoms with Gasteiger partial charge in [0.15, 0.2) is 0 Å². The van der Waals surface area contributed by atoms with E-state index in [4.69, 9.17) is 33.7 Å². The molecule has 0 fully saturated rings. The molecule has 2 rings (SSSR count). The number of hydrogen-bond acceptors (Lipinski definition) is 2. The molecule has 0 aliphatic rings. The lowest BCUT2D eigenvalue weighted by Gasteiger charge is -2.15. The first-order valence-corrected chi connectivity index (χ1v) is 6.31. The maximum Gasteiger partial charge on any atom is 0.119 e. The summed E-state index contributed by atoms with van der Waals surface area (Å²) >= 11 is 12.0. The summed E-state index contributed by atoms with van der Waals surface area (Å²) in [4.78, 5) is 0. The van der Waals surface area contributed by atoms with E-state index in [0.29, 0.717) is 16.7 Å². The van der Waals surface area contributed by atoms with E-state index >= 15 is 0 Å². The van der Waals surface area contributed by atoms with Gasteiger partial charge in [0.05, 0.1) is 16.1 Å². The Bertz CT molecular complexity index is 516. The highest BCUT2D eigenvalue weighted by molar-refractivity contribution is 6.42. The van der Waals surface area contributed by atoms with Crippen LogP contribution in [-0.2, 0) is 0 Å². The van der Waals surface area contributed by atoms with Crippen LogP contribution in [0.4, 0.5) is 0 Å². The zero-order chi connectivity index (χ0) is 13.0. The SMILES string of the molecule is NC(COc1ccccc1)c1cccc(Cl)c1Cl. The van der Waals surface area contributed by atoms with Crippen molar-refractivity contribution in [1.82, 2.24) is 0 Å². The molecule has 0 aliphatic heterocycles. The average molecular weight is 282 g/mol. The van der Waals surface area contributed by atoms with Crippen LogP contribution >= 0.6 is 23.2 Å². The molecule has 0 aromatic heterocycles. The highest BCUT2D eigenvalue weighted by atomic mass is 35.5. The van der Waals surface area contributed by atoms with Crippen molar-refractivity contribution in [2.45, 2.75) is 6.04 Å². The quantitative estimate of drug-likeness (QED) is 0.917. The lowest BCUT2D eigenvalue weighted by Crippen LogP contribution is -2.19. The van der Waals surface area contributed by atoms with Gasteiger partial charge in [-0.1, -0.05) is 53.5 Å². The van der Waals surface area contributed by atoms with Crippen LogP contribution in [0, 0.1) is 0 Å². The molecule has 94 valence electrons. The topological polar surface area (TPSA) is 35.2 Å². The molecule has 0 saturated carbocycles. The molecule has 2 aromatic carbocycles. The maximum absolute atomic E-state index is 6.10. The summed E-state index contributed by atoms with van der Waals surface area (Å²) in [5.41, 5.74) is 6.84. The van der Waals surface area contributed by atoms with E-state index in [2.05, 4.69) is 0 Å². The van der Waals surface area contributed by atoms with E-state index in [-0.39, 0.29) is 6.04 Å². The van der Waals surface area contributed by atoms with Crippen LogP contribution in [0.3, 0.4) is 0 Å². The standard InChI is InChI=1S/C14H13Cl2NO/c15-12-8-4-7-11(14(12)16)13(17)9-18-10-5-2-1-3-6-10/h1-8,13H,9,17H2. The van der Waals surface area contributed by atoms with E-state index in [9.17, 15) is 0 Å². The second-order valence-corrected chi connectivity index (χ2v) is 4.66. The van der Waals surface area contributed by atoms with Gasteiger partial charge in [-0.3, -0.25) is 0 Å². The van der Waals surface area contributed by atoms with Crippen molar-refractivity contribution in [2.75, 3.05) is 6.61 Å². The first kappa shape index (κ1) is 13.2. The molecule has 2 N–H and O–H groups in total. The summed E-state index contributed by atoms with van der Waals surface area (Å²) in [6.07, 6.45) is 0. The van der Waals surface area contributed by atoms with Gasteiger partial charge in [-0.25, -0.2) is 0 Å². The fourth-order valence-electron chi connectivity index (χ4n) is 1.60. The van der Waals surface area contributed by atoms with Crippen molar-refractivity contribution < 1.29 is 4.74 Å². The zero-order valence-electron chi connectivity index (χ0n) is 9.64. The summed E-state index contributed by atoms with van der Waals surface area (Å²) < 4.78 is 5.59. The monoisotopic (exact) mass is 281 g/mol. The van der Waals surface area contributed by atoms with Crippen molar-refractivity contribution in [3.63, 3.8) is 0 Å². The van der Waals surface area contributed by atoms with Crippen LogP contribution in [0.1, 0.15) is 11.6 Å². The van der Waals surface area contributed by atoms with Gasteiger partial charge in [-0.2, -0.15) is 0 Å². The normalized spacial score (nSPS) is 12.2. The first-order chi connectivity index (χ1) is 8.68. The van der Waals surface area contributed by atoms with Gasteiger partial charge in [0.1, 0.15) is 12.4 Å². The fraction of sp³-hybridized carbons (Fsp3) is 0.143. The van der Waals surface area contributed by atoms with Crippen LogP contribution in [0.15, 0.2) is 48.5 Å². The molecule has 0 spiro atoms. The Morgan fingerprint density at radius 2 is 1.72 bits per heavy atom. The lowest BCUT2D eigenvalue weighted by molar-refractivity contribution is 0.291. The summed E-state index contributed by atoms with van der Waals surface area (Å²) in [5, 5.41) is 0.993. The lowest BCUT2D eigenvalue weighted by atomic mass is 10.1. The van der Waals surface area contributed by atoms with Gasteiger partial charge in [-0.15, -0.1) is 0 Å². The molecule has 0 aliphatic carbocycles. The third kappa shape index (κ3) is 3.16. The molecule has 2 nitrogen and oxygen atoms in total. The van der Waals surface area contributed by atoms with Gasteiger partial charge >= 0.3 is 0 Å². The second-order valence-electron chi connectivity index (χ2n) is 3.87. The smallest absolute Gasteiger partial charge is 0.119 e. The Kier molecular flexibility index (Phi) is 4.48. The van der Waals surface area contributed by atoms with Crippen LogP contribution < -0.4 is 10.5 Å². The first-order valence-electron chi connectivity index (χ1n) is 5.56. The van der Waals surface area contributed by atoms with Crippen LogP contribution in [-0.4, -0.2) is 6.61 Å². The number of para-hydroxylation sites is 1. The third-order valence-electron chi connectivity index (χ3n) is 2.55. The second kappa shape index (κ2) is 6.10. The number of hydrogen-bond donors (Lipinski definition) is 1. The van der Waals surface area contributed by atoms with E-state index in [1.165, 1.54) is 0 Å². The molecule has 2 aromatic rings. The van der Waals surface area contributed by atoms with Gasteiger partial charge < -0.3 is 10.5 Å². The van der Waals surface area contributed by atoms with Crippen molar-refractivity contribution in [3.8, 4) is 5.75 Å². The molecule has 1 unspecified atom stereocenters. The maximum atomic E-state index is 6.10. The van der Waals surface area contributed by atoms with Crippen molar-refractivity contribution in [1.29, 1.82) is 0 Å². The van der Waals surface area contributed by atoms with Gasteiger partial charge in [-0.05, 0) is 23.8 Å². The predicted molar refractivity (Wildman–Crippen MR) is 75.3 cm³/mol. The molecule has 0 radical (unpaired) electrons. The molecule has 0 heterocycles. The van der Waals surface area contributed by atoms with Gasteiger partial charge in [0.2, 0.25) is 0 Å². The van der Waals surface area contributed by atoms with Crippen LogP contribution in [0.25, 0.3) is 0 Å². The highest BCUT2D eigenvalue weighted by Crippen LogP contribution is 2.29. The summed E-state index contributed by atoms with van der Waals surface area (Å²) in [5.74, 6) is 0.783. The minimum atomic E-state index is -0.309. The summed E-state index contributed by atoms with van der Waals surface area (Å²) in [7, 11) is 0. The summed E-state index contributed by atoms with van der Waals surface area (Å²) in [6, 6.07) is 14.6. The average Bonchev–Trinajstić information content (AvgIpc) is 2.40. The Balaban J connectivity index is 2.04. The van der Waals surface area contributed by atoms with E-state index < -0.39 is 0 Å². The number of rotatable bonds is 4. The number of benzene rings is 2. The number of halogens is 2. The van der Waals surface area contributed by atoms with Crippen molar-refractivity contribution in [3.05, 3.63) is 64.1 Å². The number of ether oxygens (including phenoxy) is 1. The minimum Gasteiger partial charge on any atom is -0.492 e. The zero-order valence-corrected chi connectivity index (χ0v) is 11.2. The Labute approximate surface area is 116 Å². The van der Waals surface area contributed by atoms with Gasteiger partial charge in [0, 0.05) is 0 Å². The Morgan fingerprint density at radius 3 is 2.44 bits per heavy atom. The van der Waals surface area contributed by atoms with Gasteiger partial charge in [0.25, 0.3) is 0 Å². The minimum absolute atomic E-state index is 0.309. The summed E-state index contributed by atoms with van der Waals surface area (Å²) in [6.45, 7) is 0.351. The Morgan fingerprint density at radius 1 is 1.00 bits per heavy atom. The third-order valence-corrected chi connectivity index (χ3v) is 3.39. The highest BCUT2D eigenvalue weighted by Gasteiger charge is 2.12. The Hall–Kier alpha value is -1.22. The fourth-order valence-corrected chi connectivity index (χ4v) is 2.05. The molecule has 18 heavy (non-hydrogen) atoms. The molecule has 0 bridgehead atoms. The molecule has 0 saturated heterocycles. The van der Waals surface area contributed by atoms with Crippen molar-refractivity contribution >= 4 is 23.2 Å². The molecular formula is C14H13Cl2NO. The van der Waals surface area contributed by atoms with Crippen LogP contribution in [0.2, 0.25) is 10.0 Å². The van der Waals surface area contributed by atoms with E-state index in [0.717, 1.165) is 11.3 Å².